The lowest BCUT2D eigenvalue weighted by atomic mass is 9.72. The highest BCUT2D eigenvalue weighted by molar-refractivity contribution is 6.27. The zero-order valence-electron chi connectivity index (χ0n) is 18.2. The summed E-state index contributed by atoms with van der Waals surface area (Å²) in [6, 6.07) is 18.5. The smallest absolute Gasteiger partial charge is 0.234 e. The number of halogens is 1. The van der Waals surface area contributed by atoms with Gasteiger partial charge in [-0.1, -0.05) is 48.5 Å². The van der Waals surface area contributed by atoms with Gasteiger partial charge in [0.25, 0.3) is 0 Å². The van der Waals surface area contributed by atoms with Crippen molar-refractivity contribution in [3.05, 3.63) is 65.7 Å². The van der Waals surface area contributed by atoms with Gasteiger partial charge in [0.2, 0.25) is 11.8 Å². The van der Waals surface area contributed by atoms with E-state index in [9.17, 15) is 9.59 Å². The number of piperidine rings is 1. The topological polar surface area (TPSA) is 58.6 Å². The maximum Gasteiger partial charge on any atom is 0.234 e. The number of nitrogens with zero attached hydrogens (tertiary/aromatic N) is 1. The first-order valence-electron chi connectivity index (χ1n) is 11.5. The quantitative estimate of drug-likeness (QED) is 0.704. The van der Waals surface area contributed by atoms with Crippen molar-refractivity contribution in [1.82, 2.24) is 10.2 Å². The molecule has 5 rings (SSSR count). The molecule has 0 bridgehead atoms. The fraction of sp³-hybridized carbons (Fsp3) is 0.462. The first-order valence-corrected chi connectivity index (χ1v) is 12.0. The Morgan fingerprint density at radius 1 is 1.03 bits per heavy atom. The number of amides is 2. The monoisotopic (exact) mass is 452 g/mol. The minimum Gasteiger partial charge on any atom is -0.493 e. The molecule has 5 nitrogen and oxygen atoms in total. The van der Waals surface area contributed by atoms with E-state index in [0.29, 0.717) is 26.2 Å². The van der Waals surface area contributed by atoms with Gasteiger partial charge in [0.1, 0.15) is 11.6 Å². The van der Waals surface area contributed by atoms with Gasteiger partial charge in [-0.3, -0.25) is 9.59 Å². The van der Waals surface area contributed by atoms with Crippen molar-refractivity contribution >= 4 is 23.4 Å². The second kappa shape index (κ2) is 8.43. The fourth-order valence-corrected chi connectivity index (χ4v) is 5.83. The Morgan fingerprint density at radius 3 is 2.50 bits per heavy atom. The van der Waals surface area contributed by atoms with E-state index in [2.05, 4.69) is 23.5 Å². The van der Waals surface area contributed by atoms with Crippen LogP contribution >= 0.6 is 11.6 Å². The van der Waals surface area contributed by atoms with Gasteiger partial charge in [-0.15, -0.1) is 11.6 Å². The summed E-state index contributed by atoms with van der Waals surface area (Å²) in [5, 5.41) is 2.99. The van der Waals surface area contributed by atoms with Crippen LogP contribution in [0.4, 0.5) is 0 Å². The van der Waals surface area contributed by atoms with Crippen LogP contribution < -0.4 is 10.1 Å². The SMILES string of the molecule is O=C(CCl)NCC1(c2ccccc2)CCN(C(=O)C2CC23CCOc2ccccc23)CC1. The van der Waals surface area contributed by atoms with Crippen molar-refractivity contribution in [2.24, 2.45) is 5.92 Å². The Bertz CT molecular complexity index is 1000. The Kier molecular flexibility index (Phi) is 5.62. The number of para-hydroxylation sites is 1. The van der Waals surface area contributed by atoms with Gasteiger partial charge in [-0.25, -0.2) is 0 Å². The average molecular weight is 453 g/mol. The molecule has 1 aliphatic carbocycles. The van der Waals surface area contributed by atoms with Gasteiger partial charge >= 0.3 is 0 Å². The summed E-state index contributed by atoms with van der Waals surface area (Å²) in [6.07, 6.45) is 3.47. The van der Waals surface area contributed by atoms with Crippen molar-refractivity contribution < 1.29 is 14.3 Å². The van der Waals surface area contributed by atoms with Crippen molar-refractivity contribution in [3.8, 4) is 5.75 Å². The molecular weight excluding hydrogens is 424 g/mol. The third kappa shape index (κ3) is 3.66. The van der Waals surface area contributed by atoms with Gasteiger partial charge in [0, 0.05) is 41.9 Å². The van der Waals surface area contributed by atoms with E-state index in [1.807, 2.05) is 41.3 Å². The van der Waals surface area contributed by atoms with Gasteiger partial charge < -0.3 is 15.0 Å². The number of nitrogens with one attached hydrogen (secondary N) is 1. The molecule has 0 aromatic heterocycles. The fourth-order valence-electron chi connectivity index (χ4n) is 5.73. The number of ether oxygens (including phenoxy) is 1. The first kappa shape index (κ1) is 21.3. The highest BCUT2D eigenvalue weighted by atomic mass is 35.5. The highest BCUT2D eigenvalue weighted by Gasteiger charge is 2.62. The summed E-state index contributed by atoms with van der Waals surface area (Å²) in [7, 11) is 0. The zero-order valence-corrected chi connectivity index (χ0v) is 18.9. The van der Waals surface area contributed by atoms with Crippen molar-refractivity contribution in [2.75, 3.05) is 32.1 Å². The van der Waals surface area contributed by atoms with Crippen LogP contribution in [0.2, 0.25) is 0 Å². The number of alkyl halides is 1. The van der Waals surface area contributed by atoms with E-state index in [1.165, 1.54) is 11.1 Å². The number of carbonyl (C=O) groups is 2. The van der Waals surface area contributed by atoms with E-state index in [0.717, 1.165) is 31.4 Å². The molecule has 32 heavy (non-hydrogen) atoms. The van der Waals surface area contributed by atoms with E-state index in [4.69, 9.17) is 16.3 Å². The summed E-state index contributed by atoms with van der Waals surface area (Å²) in [5.74, 6) is 1.06. The predicted molar refractivity (Wildman–Crippen MR) is 124 cm³/mol. The molecule has 1 spiro atoms. The molecular formula is C26H29ClN2O3. The lowest BCUT2D eigenvalue weighted by molar-refractivity contribution is -0.135. The van der Waals surface area contributed by atoms with Crippen LogP contribution in [-0.4, -0.2) is 48.8 Å². The molecule has 2 atom stereocenters. The van der Waals surface area contributed by atoms with Crippen LogP contribution in [0.3, 0.4) is 0 Å². The molecule has 2 fully saturated rings. The van der Waals surface area contributed by atoms with Gasteiger partial charge in [0.05, 0.1) is 6.61 Å². The second-order valence-electron chi connectivity index (χ2n) is 9.39. The minimum absolute atomic E-state index is 0.0373. The van der Waals surface area contributed by atoms with Crippen molar-refractivity contribution in [1.29, 1.82) is 0 Å². The largest absolute Gasteiger partial charge is 0.493 e. The molecule has 1 saturated carbocycles. The number of benzene rings is 2. The molecule has 2 aromatic rings. The molecule has 2 heterocycles. The summed E-state index contributed by atoms with van der Waals surface area (Å²) >= 11 is 5.70. The number of hydrogen-bond acceptors (Lipinski definition) is 3. The Balaban J connectivity index is 1.30. The first-order chi connectivity index (χ1) is 15.6. The molecule has 2 aliphatic heterocycles. The molecule has 1 N–H and O–H groups in total. The molecule has 168 valence electrons. The molecule has 3 aliphatic rings. The maximum absolute atomic E-state index is 13.5. The maximum atomic E-state index is 13.5. The van der Waals surface area contributed by atoms with E-state index in [1.54, 1.807) is 0 Å². The molecule has 1 saturated heterocycles. The van der Waals surface area contributed by atoms with Crippen LogP contribution in [0.25, 0.3) is 0 Å². The van der Waals surface area contributed by atoms with Crippen LogP contribution in [-0.2, 0) is 20.4 Å². The second-order valence-corrected chi connectivity index (χ2v) is 9.66. The number of likely N-dealkylation sites (tertiary alicyclic amines) is 1. The Labute approximate surface area is 194 Å². The summed E-state index contributed by atoms with van der Waals surface area (Å²) in [6.45, 7) is 2.63. The highest BCUT2D eigenvalue weighted by Crippen LogP contribution is 2.61. The molecule has 6 heteroatoms. The van der Waals surface area contributed by atoms with Gasteiger partial charge in [-0.2, -0.15) is 0 Å². The minimum atomic E-state index is -0.174. The number of rotatable bonds is 5. The molecule has 0 radical (unpaired) electrons. The average Bonchev–Trinajstić information content (AvgIpc) is 3.57. The van der Waals surface area contributed by atoms with E-state index < -0.39 is 0 Å². The summed E-state index contributed by atoms with van der Waals surface area (Å²) < 4.78 is 5.84. The summed E-state index contributed by atoms with van der Waals surface area (Å²) in [5.41, 5.74) is 2.19. The standard InChI is InChI=1S/C26H29ClN2O3/c27-17-23(30)28-18-25(19-6-2-1-3-7-19)10-13-29(14-11-25)24(31)21-16-26(21)12-15-32-22-9-5-4-8-20(22)26/h1-9,21H,10-18H2,(H,28,30). The Morgan fingerprint density at radius 2 is 1.75 bits per heavy atom. The Hall–Kier alpha value is -2.53. The number of hydrogen-bond donors (Lipinski definition) is 1. The number of fused-ring (bicyclic) bond motifs is 2. The van der Waals surface area contributed by atoms with Gasteiger partial charge in [0.15, 0.2) is 0 Å². The van der Waals surface area contributed by atoms with E-state index >= 15 is 0 Å². The lowest BCUT2D eigenvalue weighted by Crippen LogP contribution is -2.51. The van der Waals surface area contributed by atoms with Crippen LogP contribution in [0.15, 0.2) is 54.6 Å². The number of carbonyl (C=O) groups excluding carboxylic acids is 2. The molecule has 2 aromatic carbocycles. The molecule has 2 unspecified atom stereocenters. The third-order valence-electron chi connectivity index (χ3n) is 7.77. The summed E-state index contributed by atoms with van der Waals surface area (Å²) in [4.78, 5) is 27.4. The van der Waals surface area contributed by atoms with Crippen LogP contribution in [0.1, 0.15) is 36.8 Å². The van der Waals surface area contributed by atoms with Gasteiger partial charge in [-0.05, 0) is 37.3 Å². The van der Waals surface area contributed by atoms with E-state index in [-0.39, 0.29) is 34.4 Å². The predicted octanol–water partition coefficient (Wildman–Crippen LogP) is 3.64. The van der Waals surface area contributed by atoms with Crippen LogP contribution in [0, 0.1) is 5.92 Å². The zero-order chi connectivity index (χ0) is 22.2. The normalized spacial score (nSPS) is 25.5. The lowest BCUT2D eigenvalue weighted by Gasteiger charge is -2.43. The van der Waals surface area contributed by atoms with Crippen molar-refractivity contribution in [3.63, 3.8) is 0 Å². The van der Waals surface area contributed by atoms with Crippen molar-refractivity contribution in [2.45, 2.75) is 36.5 Å². The third-order valence-corrected chi connectivity index (χ3v) is 8.01. The van der Waals surface area contributed by atoms with Crippen LogP contribution in [0.5, 0.6) is 5.75 Å². The molecule has 2 amide bonds.